The summed E-state index contributed by atoms with van der Waals surface area (Å²) in [7, 11) is 0. The minimum Gasteiger partial charge on any atom is -0.486 e. The van der Waals surface area contributed by atoms with E-state index in [1.54, 1.807) is 69.9 Å². The molecule has 1 unspecified atom stereocenters. The van der Waals surface area contributed by atoms with Crippen LogP contribution in [0.15, 0.2) is 30.6 Å². The zero-order valence-electron chi connectivity index (χ0n) is 20.2. The fraction of sp³-hybridized carbons (Fsp3) is 0.542. The van der Waals surface area contributed by atoms with Crippen LogP contribution >= 0.6 is 0 Å². The molecule has 0 radical (unpaired) electrons. The number of aromatic nitrogens is 2. The van der Waals surface area contributed by atoms with Crippen molar-refractivity contribution in [1.82, 2.24) is 14.7 Å². The van der Waals surface area contributed by atoms with Gasteiger partial charge < -0.3 is 25.2 Å². The van der Waals surface area contributed by atoms with Crippen molar-refractivity contribution in [3.63, 3.8) is 0 Å². The Morgan fingerprint density at radius 3 is 2.53 bits per heavy atom. The number of ether oxygens (including phenoxy) is 2. The Morgan fingerprint density at radius 2 is 1.94 bits per heavy atom. The molecule has 1 saturated heterocycles. The Bertz CT molecular complexity index is 1040. The second-order valence-electron chi connectivity index (χ2n) is 10.2. The molecule has 2 atom stereocenters. The first kappa shape index (κ1) is 25.5. The summed E-state index contributed by atoms with van der Waals surface area (Å²) < 4.78 is 27.6. The summed E-state index contributed by atoms with van der Waals surface area (Å²) in [5.41, 5.74) is 5.51. The second-order valence-corrected chi connectivity index (χ2v) is 10.2. The largest absolute Gasteiger partial charge is 0.486 e. The van der Waals surface area contributed by atoms with Crippen molar-refractivity contribution in [3.8, 4) is 16.9 Å². The summed E-state index contributed by atoms with van der Waals surface area (Å²) in [5.74, 6) is -0.527. The molecule has 0 spiro atoms. The SMILES string of the molecule is CC(C)(O)Cn1cc(-c2ccc(OC3CCN(C(=O)OC(C)(C)C)C[C@@H]3F)c(C(N)=O)c2)cn1. The summed E-state index contributed by atoms with van der Waals surface area (Å²) in [6.07, 6.45) is 0.753. The summed E-state index contributed by atoms with van der Waals surface area (Å²) in [4.78, 5) is 25.7. The van der Waals surface area contributed by atoms with Crippen LogP contribution < -0.4 is 10.5 Å². The number of alkyl halides is 1. The van der Waals surface area contributed by atoms with Crippen LogP contribution in [-0.4, -0.2) is 68.4 Å². The number of rotatable bonds is 6. The highest BCUT2D eigenvalue weighted by atomic mass is 19.1. The van der Waals surface area contributed by atoms with E-state index >= 15 is 0 Å². The van der Waals surface area contributed by atoms with E-state index in [4.69, 9.17) is 15.2 Å². The Labute approximate surface area is 198 Å². The minimum absolute atomic E-state index is 0.120. The highest BCUT2D eigenvalue weighted by Crippen LogP contribution is 2.30. The number of aliphatic hydroxyl groups is 1. The van der Waals surface area contributed by atoms with E-state index < -0.39 is 35.5 Å². The summed E-state index contributed by atoms with van der Waals surface area (Å²) >= 11 is 0. The molecule has 9 nitrogen and oxygen atoms in total. The van der Waals surface area contributed by atoms with Crippen LogP contribution in [0.1, 0.15) is 51.4 Å². The summed E-state index contributed by atoms with van der Waals surface area (Å²) in [5, 5.41) is 14.2. The van der Waals surface area contributed by atoms with Crippen LogP contribution in [0, 0.1) is 0 Å². The number of benzene rings is 1. The van der Waals surface area contributed by atoms with E-state index in [0.29, 0.717) is 12.1 Å². The lowest BCUT2D eigenvalue weighted by Crippen LogP contribution is -2.50. The van der Waals surface area contributed by atoms with Gasteiger partial charge in [0.2, 0.25) is 0 Å². The van der Waals surface area contributed by atoms with Crippen LogP contribution in [0.2, 0.25) is 0 Å². The molecule has 34 heavy (non-hydrogen) atoms. The molecule has 10 heteroatoms. The van der Waals surface area contributed by atoms with Crippen molar-refractivity contribution in [2.24, 2.45) is 5.73 Å². The lowest BCUT2D eigenvalue weighted by atomic mass is 10.0. The molecule has 1 fully saturated rings. The van der Waals surface area contributed by atoms with Gasteiger partial charge in [-0.3, -0.25) is 9.48 Å². The number of carbonyl (C=O) groups is 2. The van der Waals surface area contributed by atoms with Crippen LogP contribution in [0.4, 0.5) is 9.18 Å². The third-order valence-electron chi connectivity index (χ3n) is 5.17. The number of nitrogens with zero attached hydrogens (tertiary/aromatic N) is 3. The molecule has 2 aromatic rings. The van der Waals surface area contributed by atoms with Gasteiger partial charge in [-0.25, -0.2) is 9.18 Å². The van der Waals surface area contributed by atoms with Crippen LogP contribution in [0.25, 0.3) is 11.1 Å². The molecule has 3 N–H and O–H groups in total. The highest BCUT2D eigenvalue weighted by Gasteiger charge is 2.35. The van der Waals surface area contributed by atoms with Gasteiger partial charge in [0.05, 0.1) is 30.5 Å². The van der Waals surface area contributed by atoms with Crippen molar-refractivity contribution in [3.05, 3.63) is 36.2 Å². The van der Waals surface area contributed by atoms with Gasteiger partial charge in [0, 0.05) is 24.7 Å². The smallest absolute Gasteiger partial charge is 0.410 e. The van der Waals surface area contributed by atoms with Gasteiger partial charge in [-0.2, -0.15) is 5.10 Å². The lowest BCUT2D eigenvalue weighted by Gasteiger charge is -2.35. The van der Waals surface area contributed by atoms with E-state index in [9.17, 15) is 19.1 Å². The van der Waals surface area contributed by atoms with Crippen LogP contribution in [0.5, 0.6) is 5.75 Å². The fourth-order valence-corrected chi connectivity index (χ4v) is 3.67. The third-order valence-corrected chi connectivity index (χ3v) is 5.17. The first-order valence-corrected chi connectivity index (χ1v) is 11.2. The Balaban J connectivity index is 1.72. The van der Waals surface area contributed by atoms with Crippen LogP contribution in [0.3, 0.4) is 0 Å². The first-order chi connectivity index (χ1) is 15.7. The Hall–Kier alpha value is -3.14. The number of nitrogens with two attached hydrogens (primary N) is 1. The normalized spacial score (nSPS) is 19.1. The molecule has 2 amide bonds. The molecular weight excluding hydrogens is 443 g/mol. The molecule has 0 bridgehead atoms. The fourth-order valence-electron chi connectivity index (χ4n) is 3.67. The second kappa shape index (κ2) is 9.61. The topological polar surface area (TPSA) is 120 Å². The molecule has 1 aromatic heterocycles. The molecule has 186 valence electrons. The molecule has 0 saturated carbocycles. The predicted octanol–water partition coefficient (Wildman–Crippen LogP) is 3.15. The minimum atomic E-state index is -1.46. The quantitative estimate of drug-likeness (QED) is 0.661. The zero-order valence-corrected chi connectivity index (χ0v) is 20.2. The molecule has 1 aliphatic heterocycles. The van der Waals surface area contributed by atoms with Gasteiger partial charge in [0.1, 0.15) is 17.5 Å². The number of hydrogen-bond donors (Lipinski definition) is 2. The van der Waals surface area contributed by atoms with Crippen molar-refractivity contribution in [2.45, 2.75) is 71.1 Å². The van der Waals surface area contributed by atoms with Crippen molar-refractivity contribution in [2.75, 3.05) is 13.1 Å². The number of likely N-dealkylation sites (tertiary alicyclic amines) is 1. The van der Waals surface area contributed by atoms with E-state index in [0.717, 1.165) is 5.56 Å². The third kappa shape index (κ3) is 6.69. The average molecular weight is 477 g/mol. The Kier molecular flexibility index (Phi) is 7.21. The van der Waals surface area contributed by atoms with E-state index in [2.05, 4.69) is 5.10 Å². The maximum atomic E-state index is 14.9. The number of carbonyl (C=O) groups excluding carboxylic acids is 2. The maximum Gasteiger partial charge on any atom is 0.410 e. The summed E-state index contributed by atoms with van der Waals surface area (Å²) in [6, 6.07) is 4.89. The monoisotopic (exact) mass is 476 g/mol. The van der Waals surface area contributed by atoms with Gasteiger partial charge in [-0.05, 0) is 52.3 Å². The van der Waals surface area contributed by atoms with Crippen molar-refractivity contribution < 1.29 is 28.6 Å². The lowest BCUT2D eigenvalue weighted by molar-refractivity contribution is -0.0106. The maximum absolute atomic E-state index is 14.9. The number of hydrogen-bond acceptors (Lipinski definition) is 6. The first-order valence-electron chi connectivity index (χ1n) is 11.2. The molecule has 3 rings (SSSR count). The van der Waals surface area contributed by atoms with Gasteiger partial charge in [-0.15, -0.1) is 0 Å². The van der Waals surface area contributed by atoms with Gasteiger partial charge in [0.25, 0.3) is 5.91 Å². The Morgan fingerprint density at radius 1 is 1.24 bits per heavy atom. The molecular formula is C24H33FN4O5. The zero-order chi connectivity index (χ0) is 25.3. The summed E-state index contributed by atoms with van der Waals surface area (Å²) in [6.45, 7) is 9.03. The molecule has 0 aliphatic carbocycles. The van der Waals surface area contributed by atoms with Gasteiger partial charge >= 0.3 is 6.09 Å². The average Bonchev–Trinajstić information content (AvgIpc) is 3.14. The molecule has 1 aliphatic rings. The molecule has 2 heterocycles. The van der Waals surface area contributed by atoms with E-state index in [-0.39, 0.29) is 30.8 Å². The van der Waals surface area contributed by atoms with Crippen molar-refractivity contribution >= 4 is 12.0 Å². The number of primary amides is 1. The van der Waals surface area contributed by atoms with E-state index in [1.165, 1.54) is 4.90 Å². The number of halogens is 1. The van der Waals surface area contributed by atoms with Gasteiger partial charge in [-0.1, -0.05) is 6.07 Å². The number of amides is 2. The molecule has 1 aromatic carbocycles. The van der Waals surface area contributed by atoms with Gasteiger partial charge in [0.15, 0.2) is 6.17 Å². The van der Waals surface area contributed by atoms with E-state index in [1.807, 2.05) is 0 Å². The number of piperidine rings is 1. The van der Waals surface area contributed by atoms with Crippen molar-refractivity contribution in [1.29, 1.82) is 0 Å². The van der Waals surface area contributed by atoms with Crippen LogP contribution in [-0.2, 0) is 11.3 Å². The highest BCUT2D eigenvalue weighted by molar-refractivity contribution is 5.97. The standard InChI is InChI=1S/C24H33FN4O5/c1-23(2,3)34-22(31)28-9-8-20(18(25)13-28)33-19-7-6-15(10-17(19)21(26)30)16-11-27-29(12-16)14-24(4,5)32/h6-7,10-12,18,20,32H,8-9,13-14H2,1-5H3,(H2,26,30)/t18-,20?/m0/s1. The predicted molar refractivity (Wildman–Crippen MR) is 124 cm³/mol.